The van der Waals surface area contributed by atoms with E-state index < -0.39 is 5.60 Å². The van der Waals surface area contributed by atoms with Gasteiger partial charge in [0.25, 0.3) is 0 Å². The van der Waals surface area contributed by atoms with Crippen LogP contribution in [0.15, 0.2) is 18.2 Å². The summed E-state index contributed by atoms with van der Waals surface area (Å²) >= 11 is 0. The molecule has 0 radical (unpaired) electrons. The van der Waals surface area contributed by atoms with E-state index >= 15 is 0 Å². The molecular weight excluding hydrogens is 214 g/mol. The van der Waals surface area contributed by atoms with Gasteiger partial charge in [-0.05, 0) is 25.5 Å². The Kier molecular flexibility index (Phi) is 4.36. The van der Waals surface area contributed by atoms with Gasteiger partial charge in [0.05, 0.1) is 22.5 Å². The number of hydrogen-bond acceptors (Lipinski definition) is 4. The smallest absolute Gasteiger partial charge is 0.101 e. The highest BCUT2D eigenvalue weighted by molar-refractivity contribution is 5.72. The number of nitrogens with one attached hydrogen (secondary N) is 1. The SMILES string of the molecule is CCCC(C)(O)CNc1cccc(C#N)c1N. The molecule has 0 saturated carbocycles. The van der Waals surface area contributed by atoms with Crippen molar-refractivity contribution in [2.24, 2.45) is 0 Å². The van der Waals surface area contributed by atoms with Crippen LogP contribution in [0.3, 0.4) is 0 Å². The zero-order valence-corrected chi connectivity index (χ0v) is 10.3. The Balaban J connectivity index is 2.74. The maximum atomic E-state index is 10.0. The van der Waals surface area contributed by atoms with E-state index in [0.717, 1.165) is 12.8 Å². The highest BCUT2D eigenvalue weighted by atomic mass is 16.3. The molecule has 92 valence electrons. The van der Waals surface area contributed by atoms with Gasteiger partial charge in [-0.25, -0.2) is 0 Å². The van der Waals surface area contributed by atoms with Crippen LogP contribution in [0.4, 0.5) is 11.4 Å². The van der Waals surface area contributed by atoms with E-state index in [0.29, 0.717) is 23.5 Å². The Morgan fingerprint density at radius 3 is 2.82 bits per heavy atom. The first kappa shape index (κ1) is 13.3. The molecule has 1 atom stereocenters. The van der Waals surface area contributed by atoms with Gasteiger partial charge in [-0.3, -0.25) is 0 Å². The minimum absolute atomic E-state index is 0.417. The minimum atomic E-state index is -0.760. The highest BCUT2D eigenvalue weighted by Crippen LogP contribution is 2.23. The molecule has 0 amide bonds. The molecule has 1 unspecified atom stereocenters. The fourth-order valence-corrected chi connectivity index (χ4v) is 1.73. The van der Waals surface area contributed by atoms with Crippen LogP contribution in [0, 0.1) is 11.3 Å². The number of nitriles is 1. The molecule has 4 nitrogen and oxygen atoms in total. The van der Waals surface area contributed by atoms with Crippen LogP contribution in [0.5, 0.6) is 0 Å². The van der Waals surface area contributed by atoms with Gasteiger partial charge in [-0.1, -0.05) is 19.4 Å². The lowest BCUT2D eigenvalue weighted by Crippen LogP contribution is -2.33. The van der Waals surface area contributed by atoms with Gasteiger partial charge in [0.1, 0.15) is 6.07 Å². The molecule has 1 rings (SSSR count). The summed E-state index contributed by atoms with van der Waals surface area (Å²) in [7, 11) is 0. The van der Waals surface area contributed by atoms with Crippen LogP contribution in [0.2, 0.25) is 0 Å². The van der Waals surface area contributed by atoms with Crippen LogP contribution < -0.4 is 11.1 Å². The Morgan fingerprint density at radius 1 is 1.53 bits per heavy atom. The predicted octanol–water partition coefficient (Wildman–Crippen LogP) is 2.10. The van der Waals surface area contributed by atoms with Gasteiger partial charge in [0.15, 0.2) is 0 Å². The highest BCUT2D eigenvalue weighted by Gasteiger charge is 2.19. The number of nitrogens with zero attached hydrogens (tertiary/aromatic N) is 1. The van der Waals surface area contributed by atoms with Crippen LogP contribution in [-0.4, -0.2) is 17.3 Å². The Morgan fingerprint density at radius 2 is 2.24 bits per heavy atom. The van der Waals surface area contributed by atoms with E-state index in [4.69, 9.17) is 11.0 Å². The largest absolute Gasteiger partial charge is 0.396 e. The summed E-state index contributed by atoms with van der Waals surface area (Å²) in [6, 6.07) is 7.28. The number of hydrogen-bond donors (Lipinski definition) is 3. The minimum Gasteiger partial charge on any atom is -0.396 e. The van der Waals surface area contributed by atoms with Crippen LogP contribution in [0.25, 0.3) is 0 Å². The van der Waals surface area contributed by atoms with Crippen LogP contribution in [-0.2, 0) is 0 Å². The van der Waals surface area contributed by atoms with E-state index in [9.17, 15) is 5.11 Å². The van der Waals surface area contributed by atoms with Crippen molar-refractivity contribution in [3.63, 3.8) is 0 Å². The van der Waals surface area contributed by atoms with Gasteiger partial charge in [-0.15, -0.1) is 0 Å². The summed E-state index contributed by atoms with van der Waals surface area (Å²) in [4.78, 5) is 0. The zero-order chi connectivity index (χ0) is 12.9. The molecule has 0 heterocycles. The van der Waals surface area contributed by atoms with Crippen molar-refractivity contribution in [1.82, 2.24) is 0 Å². The van der Waals surface area contributed by atoms with E-state index in [1.165, 1.54) is 0 Å². The first-order chi connectivity index (χ1) is 8.00. The van der Waals surface area contributed by atoms with Crippen molar-refractivity contribution < 1.29 is 5.11 Å². The topological polar surface area (TPSA) is 82.1 Å². The van der Waals surface area contributed by atoms with Gasteiger partial charge in [0, 0.05) is 6.54 Å². The fourth-order valence-electron chi connectivity index (χ4n) is 1.73. The van der Waals surface area contributed by atoms with Crippen molar-refractivity contribution in [2.75, 3.05) is 17.6 Å². The van der Waals surface area contributed by atoms with Crippen LogP contribution in [0.1, 0.15) is 32.3 Å². The van der Waals surface area contributed by atoms with Crippen molar-refractivity contribution in [1.29, 1.82) is 5.26 Å². The molecule has 0 bridgehead atoms. The molecule has 1 aromatic rings. The molecule has 0 spiro atoms. The first-order valence-electron chi connectivity index (χ1n) is 5.75. The number of para-hydroxylation sites is 1. The molecule has 1 aromatic carbocycles. The molecule has 0 saturated heterocycles. The maximum absolute atomic E-state index is 10.0. The number of rotatable bonds is 5. The van der Waals surface area contributed by atoms with E-state index in [2.05, 4.69) is 5.32 Å². The predicted molar refractivity (Wildman–Crippen MR) is 69.6 cm³/mol. The normalized spacial score (nSPS) is 13.8. The third-order valence-corrected chi connectivity index (χ3v) is 2.67. The average molecular weight is 233 g/mol. The molecule has 4 N–H and O–H groups in total. The fraction of sp³-hybridized carbons (Fsp3) is 0.462. The Labute approximate surface area is 102 Å². The molecule has 0 fully saturated rings. The second-order valence-electron chi connectivity index (χ2n) is 4.48. The molecule has 0 aliphatic heterocycles. The number of nitrogen functional groups attached to an aromatic ring is 1. The van der Waals surface area contributed by atoms with E-state index in [1.807, 2.05) is 13.0 Å². The second kappa shape index (κ2) is 5.55. The summed E-state index contributed by atoms with van der Waals surface area (Å²) in [5.41, 5.74) is 6.65. The number of nitrogens with two attached hydrogens (primary N) is 1. The monoisotopic (exact) mass is 233 g/mol. The third kappa shape index (κ3) is 3.65. The van der Waals surface area contributed by atoms with Crippen molar-refractivity contribution in [3.05, 3.63) is 23.8 Å². The Bertz CT molecular complexity index is 421. The lowest BCUT2D eigenvalue weighted by atomic mass is 10.0. The molecule has 0 aliphatic rings. The summed E-state index contributed by atoms with van der Waals surface area (Å²) in [6.45, 7) is 4.23. The molecular formula is C13H19N3O. The van der Waals surface area contributed by atoms with E-state index in [1.54, 1.807) is 25.1 Å². The molecule has 4 heteroatoms. The standard InChI is InChI=1S/C13H19N3O/c1-3-7-13(2,17)9-16-11-6-4-5-10(8-14)12(11)15/h4-6,16-17H,3,7,9,15H2,1-2H3. The van der Waals surface area contributed by atoms with Crippen LogP contribution >= 0.6 is 0 Å². The average Bonchev–Trinajstić information content (AvgIpc) is 2.28. The van der Waals surface area contributed by atoms with Gasteiger partial charge in [-0.2, -0.15) is 5.26 Å². The summed E-state index contributed by atoms with van der Waals surface area (Å²) in [5, 5.41) is 22.0. The van der Waals surface area contributed by atoms with Gasteiger partial charge in [0.2, 0.25) is 0 Å². The van der Waals surface area contributed by atoms with Gasteiger partial charge >= 0.3 is 0 Å². The second-order valence-corrected chi connectivity index (χ2v) is 4.48. The number of aliphatic hydroxyl groups is 1. The summed E-state index contributed by atoms with van der Waals surface area (Å²) < 4.78 is 0. The quantitative estimate of drug-likeness (QED) is 0.680. The number of anilines is 2. The van der Waals surface area contributed by atoms with E-state index in [-0.39, 0.29) is 0 Å². The summed E-state index contributed by atoms with van der Waals surface area (Å²) in [5.74, 6) is 0. The lowest BCUT2D eigenvalue weighted by molar-refractivity contribution is 0.0637. The molecule has 17 heavy (non-hydrogen) atoms. The van der Waals surface area contributed by atoms with Gasteiger partial charge < -0.3 is 16.2 Å². The summed E-state index contributed by atoms with van der Waals surface area (Å²) in [6.07, 6.45) is 1.64. The molecule has 0 aromatic heterocycles. The zero-order valence-electron chi connectivity index (χ0n) is 10.3. The number of benzene rings is 1. The first-order valence-corrected chi connectivity index (χ1v) is 5.75. The maximum Gasteiger partial charge on any atom is 0.101 e. The lowest BCUT2D eigenvalue weighted by Gasteiger charge is -2.24. The van der Waals surface area contributed by atoms with Crippen molar-refractivity contribution >= 4 is 11.4 Å². The van der Waals surface area contributed by atoms with Crippen molar-refractivity contribution in [3.8, 4) is 6.07 Å². The Hall–Kier alpha value is -1.73. The third-order valence-electron chi connectivity index (χ3n) is 2.67. The van der Waals surface area contributed by atoms with Crippen molar-refractivity contribution in [2.45, 2.75) is 32.3 Å². The molecule has 0 aliphatic carbocycles.